The normalized spacial score (nSPS) is 13.2. The molecular formula is C21H27ClN2O2. The number of halogens is 1. The molecule has 26 heavy (non-hydrogen) atoms. The molecule has 2 unspecified atom stereocenters. The van der Waals surface area contributed by atoms with Crippen LogP contribution >= 0.6 is 11.6 Å². The van der Waals surface area contributed by atoms with Crippen molar-refractivity contribution in [2.24, 2.45) is 5.92 Å². The molecule has 0 spiro atoms. The quantitative estimate of drug-likeness (QED) is 0.254. The molecule has 0 aliphatic heterocycles. The maximum atomic E-state index is 12.0. The Kier molecular flexibility index (Phi) is 8.05. The zero-order valence-electron chi connectivity index (χ0n) is 15.7. The molecule has 2 atom stereocenters. The van der Waals surface area contributed by atoms with Crippen LogP contribution < -0.4 is 4.74 Å². The minimum atomic E-state index is -0.634. The van der Waals surface area contributed by atoms with Gasteiger partial charge < -0.3 is 4.74 Å². The number of benzene rings is 1. The lowest BCUT2D eigenvalue weighted by molar-refractivity contribution is -0.134. The van der Waals surface area contributed by atoms with Crippen LogP contribution in [0.1, 0.15) is 52.1 Å². The number of ether oxygens (including phenoxy) is 1. The fraction of sp³-hybridized carbons (Fsp3) is 0.476. The monoisotopic (exact) mass is 374 g/mol. The molecule has 0 saturated carbocycles. The van der Waals surface area contributed by atoms with Gasteiger partial charge in [-0.05, 0) is 43.0 Å². The molecule has 5 heteroatoms. The number of aromatic nitrogens is 2. The van der Waals surface area contributed by atoms with Crippen LogP contribution in [0.5, 0.6) is 5.75 Å². The predicted molar refractivity (Wildman–Crippen MR) is 105 cm³/mol. The van der Waals surface area contributed by atoms with Crippen molar-refractivity contribution in [3.8, 4) is 17.0 Å². The first-order valence-corrected chi connectivity index (χ1v) is 9.75. The van der Waals surface area contributed by atoms with E-state index in [2.05, 4.69) is 16.9 Å². The molecule has 1 aromatic heterocycles. The summed E-state index contributed by atoms with van der Waals surface area (Å²) in [6, 6.07) is 7.25. The third-order valence-corrected chi connectivity index (χ3v) is 5.09. The first-order valence-electron chi connectivity index (χ1n) is 9.32. The van der Waals surface area contributed by atoms with E-state index in [1.54, 1.807) is 18.3 Å². The Hall–Kier alpha value is -1.94. The minimum Gasteiger partial charge on any atom is -0.425 e. The highest BCUT2D eigenvalue weighted by Crippen LogP contribution is 2.22. The molecule has 0 bridgehead atoms. The second-order valence-electron chi connectivity index (χ2n) is 6.58. The van der Waals surface area contributed by atoms with Crippen LogP contribution in [0.25, 0.3) is 11.3 Å². The van der Waals surface area contributed by atoms with Crippen LogP contribution in [0.3, 0.4) is 0 Å². The number of rotatable bonds is 9. The van der Waals surface area contributed by atoms with Crippen molar-refractivity contribution in [3.63, 3.8) is 0 Å². The highest BCUT2D eigenvalue weighted by Gasteiger charge is 2.23. The second-order valence-corrected chi connectivity index (χ2v) is 7.05. The lowest BCUT2D eigenvalue weighted by Crippen LogP contribution is -2.26. The van der Waals surface area contributed by atoms with Gasteiger partial charge >= 0.3 is 5.97 Å². The van der Waals surface area contributed by atoms with Crippen molar-refractivity contribution < 1.29 is 9.53 Å². The Labute approximate surface area is 161 Å². The number of unbranched alkanes of at least 4 members (excludes halogenated alkanes) is 2. The second kappa shape index (κ2) is 10.3. The number of carbonyl (C=O) groups is 1. The van der Waals surface area contributed by atoms with E-state index in [1.807, 2.05) is 32.2 Å². The van der Waals surface area contributed by atoms with Crippen LogP contribution in [0.15, 0.2) is 36.7 Å². The molecule has 2 aromatic rings. The van der Waals surface area contributed by atoms with Gasteiger partial charge in [-0.1, -0.05) is 40.0 Å². The van der Waals surface area contributed by atoms with Gasteiger partial charge in [-0.2, -0.15) is 0 Å². The Balaban J connectivity index is 1.97. The SMILES string of the molecule is CCCCCc1cnc(-c2ccc(OC(=O)C(Cl)C(C)CC)cc2)cn1. The van der Waals surface area contributed by atoms with Crippen molar-refractivity contribution in [2.75, 3.05) is 0 Å². The molecule has 1 aromatic carbocycles. The number of esters is 1. The summed E-state index contributed by atoms with van der Waals surface area (Å²) in [5.74, 6) is 0.149. The van der Waals surface area contributed by atoms with Crippen molar-refractivity contribution in [1.82, 2.24) is 9.97 Å². The Morgan fingerprint density at radius 3 is 2.42 bits per heavy atom. The van der Waals surface area contributed by atoms with Crippen molar-refractivity contribution in [1.29, 1.82) is 0 Å². The zero-order chi connectivity index (χ0) is 18.9. The van der Waals surface area contributed by atoms with Crippen LogP contribution in [-0.2, 0) is 11.2 Å². The molecule has 4 nitrogen and oxygen atoms in total. The van der Waals surface area contributed by atoms with E-state index in [1.165, 1.54) is 12.8 Å². The lowest BCUT2D eigenvalue weighted by atomic mass is 10.1. The van der Waals surface area contributed by atoms with E-state index in [9.17, 15) is 4.79 Å². The summed E-state index contributed by atoms with van der Waals surface area (Å²) >= 11 is 6.13. The van der Waals surface area contributed by atoms with Crippen molar-refractivity contribution in [2.45, 2.75) is 58.3 Å². The van der Waals surface area contributed by atoms with Crippen LogP contribution in [0.4, 0.5) is 0 Å². The highest BCUT2D eigenvalue weighted by atomic mass is 35.5. The molecule has 2 rings (SSSR count). The summed E-state index contributed by atoms with van der Waals surface area (Å²) in [5, 5.41) is -0.634. The average Bonchev–Trinajstić information content (AvgIpc) is 2.68. The van der Waals surface area contributed by atoms with Gasteiger partial charge in [0.05, 0.1) is 17.6 Å². The number of nitrogens with zero attached hydrogens (tertiary/aromatic N) is 2. The van der Waals surface area contributed by atoms with Gasteiger partial charge in [0.25, 0.3) is 0 Å². The van der Waals surface area contributed by atoms with Gasteiger partial charge in [-0.25, -0.2) is 0 Å². The van der Waals surface area contributed by atoms with Gasteiger partial charge in [0.2, 0.25) is 0 Å². The van der Waals surface area contributed by atoms with Gasteiger partial charge in [-0.15, -0.1) is 11.6 Å². The summed E-state index contributed by atoms with van der Waals surface area (Å²) in [5.41, 5.74) is 2.75. The van der Waals surface area contributed by atoms with Gasteiger partial charge in [0, 0.05) is 11.8 Å². The zero-order valence-corrected chi connectivity index (χ0v) is 16.5. The topological polar surface area (TPSA) is 52.1 Å². The largest absolute Gasteiger partial charge is 0.425 e. The summed E-state index contributed by atoms with van der Waals surface area (Å²) in [7, 11) is 0. The van der Waals surface area contributed by atoms with E-state index in [-0.39, 0.29) is 5.92 Å². The smallest absolute Gasteiger partial charge is 0.329 e. The molecule has 0 amide bonds. The Morgan fingerprint density at radius 1 is 1.12 bits per heavy atom. The first kappa shape index (κ1) is 20.4. The number of alkyl halides is 1. The maximum Gasteiger partial charge on any atom is 0.329 e. The molecule has 0 aliphatic carbocycles. The summed E-state index contributed by atoms with van der Waals surface area (Å²) in [4.78, 5) is 21.0. The average molecular weight is 375 g/mol. The Bertz CT molecular complexity index is 686. The molecule has 0 radical (unpaired) electrons. The van der Waals surface area contributed by atoms with Gasteiger partial charge in [0.1, 0.15) is 11.1 Å². The summed E-state index contributed by atoms with van der Waals surface area (Å²) in [6.07, 6.45) is 8.97. The van der Waals surface area contributed by atoms with E-state index in [0.29, 0.717) is 5.75 Å². The number of hydrogen-bond donors (Lipinski definition) is 0. The van der Waals surface area contributed by atoms with Crippen molar-refractivity contribution >= 4 is 17.6 Å². The molecular weight excluding hydrogens is 348 g/mol. The van der Waals surface area contributed by atoms with E-state index >= 15 is 0 Å². The molecule has 0 fully saturated rings. The molecule has 1 heterocycles. The minimum absolute atomic E-state index is 0.0783. The fourth-order valence-corrected chi connectivity index (χ4v) is 2.72. The third kappa shape index (κ3) is 5.80. The first-order chi connectivity index (χ1) is 12.5. The van der Waals surface area contributed by atoms with E-state index in [4.69, 9.17) is 16.3 Å². The third-order valence-electron chi connectivity index (χ3n) is 4.48. The van der Waals surface area contributed by atoms with Crippen LogP contribution in [-0.4, -0.2) is 21.3 Å². The maximum absolute atomic E-state index is 12.0. The van der Waals surface area contributed by atoms with Gasteiger partial charge in [-0.3, -0.25) is 14.8 Å². The number of aryl methyl sites for hydroxylation is 1. The molecule has 0 saturated heterocycles. The Morgan fingerprint density at radius 2 is 1.85 bits per heavy atom. The summed E-state index contributed by atoms with van der Waals surface area (Å²) in [6.45, 7) is 6.12. The van der Waals surface area contributed by atoms with Crippen LogP contribution in [0.2, 0.25) is 0 Å². The summed E-state index contributed by atoms with van der Waals surface area (Å²) < 4.78 is 5.36. The number of carbonyl (C=O) groups excluding carboxylic acids is 1. The highest BCUT2D eigenvalue weighted by molar-refractivity contribution is 6.30. The molecule has 0 N–H and O–H groups in total. The predicted octanol–water partition coefficient (Wildman–Crippen LogP) is 5.44. The fourth-order valence-electron chi connectivity index (χ4n) is 2.49. The standard InChI is InChI=1S/C21H27ClN2O2/c1-4-6-7-8-17-13-24-19(14-23-17)16-9-11-18(12-10-16)26-21(25)20(22)15(3)5-2/h9-15,20H,4-8H2,1-3H3. The van der Waals surface area contributed by atoms with Crippen LogP contribution in [0, 0.1) is 5.92 Å². The lowest BCUT2D eigenvalue weighted by Gasteiger charge is -2.14. The molecule has 0 aliphatic rings. The van der Waals surface area contributed by atoms with E-state index in [0.717, 1.165) is 36.2 Å². The van der Waals surface area contributed by atoms with E-state index < -0.39 is 11.3 Å². The number of hydrogen-bond acceptors (Lipinski definition) is 4. The van der Waals surface area contributed by atoms with Gasteiger partial charge in [0.15, 0.2) is 0 Å². The molecule has 140 valence electrons. The van der Waals surface area contributed by atoms with Crippen molar-refractivity contribution in [3.05, 3.63) is 42.4 Å².